The average molecular weight is 316 g/mol. The van der Waals surface area contributed by atoms with Gasteiger partial charge < -0.3 is 9.97 Å². The van der Waals surface area contributed by atoms with Crippen molar-refractivity contribution in [2.45, 2.75) is 6.42 Å². The van der Waals surface area contributed by atoms with E-state index in [4.69, 9.17) is 0 Å². The Hall–Kier alpha value is -3.34. The standard InChI is InChI=1S/C19H16N4O/c24-19(9-13-10-20-17-7-3-1-5-15(13)17)23-22-12-14-11-21-18-8-4-2-6-16(14)18/h1-8,10-12,20-21H,9H2,(H,23,24)/b22-12-. The minimum atomic E-state index is -0.143. The zero-order valence-corrected chi connectivity index (χ0v) is 12.9. The lowest BCUT2D eigenvalue weighted by molar-refractivity contribution is -0.120. The molecule has 0 aliphatic carbocycles. The third kappa shape index (κ3) is 2.67. The van der Waals surface area contributed by atoms with Crippen LogP contribution in [0.25, 0.3) is 21.8 Å². The van der Waals surface area contributed by atoms with E-state index in [1.54, 1.807) is 6.21 Å². The molecule has 2 heterocycles. The lowest BCUT2D eigenvalue weighted by Crippen LogP contribution is -2.19. The highest BCUT2D eigenvalue weighted by Gasteiger charge is 2.07. The number of fused-ring (bicyclic) bond motifs is 2. The van der Waals surface area contributed by atoms with Crippen LogP contribution in [0.15, 0.2) is 66.0 Å². The second-order valence-corrected chi connectivity index (χ2v) is 5.62. The van der Waals surface area contributed by atoms with Crippen LogP contribution in [0.1, 0.15) is 11.1 Å². The van der Waals surface area contributed by atoms with E-state index >= 15 is 0 Å². The van der Waals surface area contributed by atoms with Gasteiger partial charge in [0.15, 0.2) is 0 Å². The summed E-state index contributed by atoms with van der Waals surface area (Å²) in [4.78, 5) is 18.4. The van der Waals surface area contributed by atoms with Crippen LogP contribution in [0.2, 0.25) is 0 Å². The van der Waals surface area contributed by atoms with Gasteiger partial charge in [0.1, 0.15) is 0 Å². The van der Waals surface area contributed by atoms with Crippen LogP contribution in [0.3, 0.4) is 0 Å². The van der Waals surface area contributed by atoms with Crippen molar-refractivity contribution < 1.29 is 4.79 Å². The number of hydrogen-bond donors (Lipinski definition) is 3. The molecule has 0 saturated carbocycles. The van der Waals surface area contributed by atoms with E-state index in [2.05, 4.69) is 20.5 Å². The Morgan fingerprint density at radius 3 is 2.46 bits per heavy atom. The highest BCUT2D eigenvalue weighted by atomic mass is 16.2. The van der Waals surface area contributed by atoms with E-state index in [1.165, 1.54) is 0 Å². The molecule has 0 aliphatic heterocycles. The van der Waals surface area contributed by atoms with Gasteiger partial charge >= 0.3 is 0 Å². The molecule has 0 unspecified atom stereocenters. The van der Waals surface area contributed by atoms with Crippen molar-refractivity contribution in [3.05, 3.63) is 72.1 Å². The minimum Gasteiger partial charge on any atom is -0.361 e. The molecule has 4 rings (SSSR count). The van der Waals surface area contributed by atoms with Crippen LogP contribution in [0.4, 0.5) is 0 Å². The molecule has 3 N–H and O–H groups in total. The molecule has 0 aliphatic rings. The van der Waals surface area contributed by atoms with Crippen molar-refractivity contribution in [2.75, 3.05) is 0 Å². The summed E-state index contributed by atoms with van der Waals surface area (Å²) in [6.45, 7) is 0. The van der Waals surface area contributed by atoms with E-state index in [1.807, 2.05) is 60.9 Å². The maximum Gasteiger partial charge on any atom is 0.244 e. The molecule has 4 aromatic rings. The van der Waals surface area contributed by atoms with Crippen LogP contribution in [0, 0.1) is 0 Å². The SMILES string of the molecule is O=C(Cc1c[nH]c2ccccc12)N/N=C\c1c[nH]c2ccccc12. The molecule has 0 saturated heterocycles. The summed E-state index contributed by atoms with van der Waals surface area (Å²) in [6, 6.07) is 15.9. The average Bonchev–Trinajstić information content (AvgIpc) is 3.20. The Morgan fingerprint density at radius 1 is 0.958 bits per heavy atom. The number of hydrogen-bond acceptors (Lipinski definition) is 2. The van der Waals surface area contributed by atoms with Crippen LogP contribution < -0.4 is 5.43 Å². The number of hydrazone groups is 1. The number of para-hydroxylation sites is 2. The summed E-state index contributed by atoms with van der Waals surface area (Å²) in [5, 5.41) is 6.21. The molecule has 0 fully saturated rings. The van der Waals surface area contributed by atoms with E-state index in [0.29, 0.717) is 0 Å². The number of H-pyrrole nitrogens is 2. The summed E-state index contributed by atoms with van der Waals surface area (Å²) >= 11 is 0. The van der Waals surface area contributed by atoms with Gasteiger partial charge in [0.25, 0.3) is 0 Å². The highest BCUT2D eigenvalue weighted by molar-refractivity contribution is 5.99. The van der Waals surface area contributed by atoms with E-state index < -0.39 is 0 Å². The van der Waals surface area contributed by atoms with Gasteiger partial charge in [-0.15, -0.1) is 0 Å². The second kappa shape index (κ2) is 6.04. The largest absolute Gasteiger partial charge is 0.361 e. The molecular formula is C19H16N4O. The Kier molecular flexibility index (Phi) is 3.59. The Morgan fingerprint density at radius 2 is 1.62 bits per heavy atom. The number of aromatic amines is 2. The van der Waals surface area contributed by atoms with Crippen LogP contribution in [-0.2, 0) is 11.2 Å². The predicted octanol–water partition coefficient (Wildman–Crippen LogP) is 3.34. The van der Waals surface area contributed by atoms with Crippen molar-refractivity contribution in [2.24, 2.45) is 5.10 Å². The number of nitrogens with one attached hydrogen (secondary N) is 3. The number of benzene rings is 2. The third-order valence-electron chi connectivity index (χ3n) is 4.04. The van der Waals surface area contributed by atoms with Gasteiger partial charge in [-0.1, -0.05) is 36.4 Å². The molecule has 24 heavy (non-hydrogen) atoms. The molecule has 0 spiro atoms. The number of nitrogens with zero attached hydrogens (tertiary/aromatic N) is 1. The first kappa shape index (κ1) is 14.3. The number of amides is 1. The summed E-state index contributed by atoms with van der Waals surface area (Å²) in [7, 11) is 0. The van der Waals surface area contributed by atoms with Gasteiger partial charge in [-0.05, 0) is 17.7 Å². The number of rotatable bonds is 4. The zero-order valence-electron chi connectivity index (χ0n) is 12.9. The first-order valence-corrected chi connectivity index (χ1v) is 7.74. The molecule has 2 aromatic carbocycles. The summed E-state index contributed by atoms with van der Waals surface area (Å²) in [5.41, 5.74) is 6.57. The van der Waals surface area contributed by atoms with Crippen molar-refractivity contribution in [1.82, 2.24) is 15.4 Å². The molecule has 5 nitrogen and oxygen atoms in total. The predicted molar refractivity (Wildman–Crippen MR) is 96.0 cm³/mol. The fourth-order valence-corrected chi connectivity index (χ4v) is 2.86. The lowest BCUT2D eigenvalue weighted by atomic mass is 10.1. The maximum atomic E-state index is 12.1. The Balaban J connectivity index is 1.45. The molecule has 0 radical (unpaired) electrons. The Labute approximate surface area is 138 Å². The van der Waals surface area contributed by atoms with E-state index in [0.717, 1.165) is 32.9 Å². The second-order valence-electron chi connectivity index (χ2n) is 5.62. The molecule has 0 bridgehead atoms. The van der Waals surface area contributed by atoms with Crippen molar-refractivity contribution in [1.29, 1.82) is 0 Å². The molecule has 1 amide bonds. The number of carbonyl (C=O) groups excluding carboxylic acids is 1. The summed E-state index contributed by atoms with van der Waals surface area (Å²) < 4.78 is 0. The van der Waals surface area contributed by atoms with Gasteiger partial charge in [0, 0.05) is 39.8 Å². The Bertz CT molecular complexity index is 1040. The van der Waals surface area contributed by atoms with Gasteiger partial charge in [0.2, 0.25) is 5.91 Å². The minimum absolute atomic E-state index is 0.143. The molecule has 5 heteroatoms. The first-order chi connectivity index (χ1) is 11.8. The maximum absolute atomic E-state index is 12.1. The molecule has 0 atom stereocenters. The van der Waals surface area contributed by atoms with Gasteiger partial charge in [0.05, 0.1) is 12.6 Å². The quantitative estimate of drug-likeness (QED) is 0.392. The lowest BCUT2D eigenvalue weighted by Gasteiger charge is -1.99. The molecule has 118 valence electrons. The van der Waals surface area contributed by atoms with Crippen LogP contribution >= 0.6 is 0 Å². The van der Waals surface area contributed by atoms with E-state index in [9.17, 15) is 4.79 Å². The molecular weight excluding hydrogens is 300 g/mol. The normalized spacial score (nSPS) is 11.5. The highest BCUT2D eigenvalue weighted by Crippen LogP contribution is 2.18. The van der Waals surface area contributed by atoms with Crippen LogP contribution in [-0.4, -0.2) is 22.1 Å². The number of aromatic nitrogens is 2. The van der Waals surface area contributed by atoms with Crippen LogP contribution in [0.5, 0.6) is 0 Å². The van der Waals surface area contributed by atoms with E-state index in [-0.39, 0.29) is 12.3 Å². The summed E-state index contributed by atoms with van der Waals surface area (Å²) in [6.07, 6.45) is 5.69. The third-order valence-corrected chi connectivity index (χ3v) is 4.04. The number of carbonyl (C=O) groups is 1. The van der Waals surface area contributed by atoms with Gasteiger partial charge in [-0.25, -0.2) is 5.43 Å². The van der Waals surface area contributed by atoms with Crippen molar-refractivity contribution >= 4 is 33.9 Å². The van der Waals surface area contributed by atoms with Gasteiger partial charge in [-0.3, -0.25) is 4.79 Å². The zero-order chi connectivity index (χ0) is 16.4. The smallest absolute Gasteiger partial charge is 0.244 e. The first-order valence-electron chi connectivity index (χ1n) is 7.74. The monoisotopic (exact) mass is 316 g/mol. The fraction of sp³-hybridized carbons (Fsp3) is 0.0526. The fourth-order valence-electron chi connectivity index (χ4n) is 2.86. The topological polar surface area (TPSA) is 73.0 Å². The van der Waals surface area contributed by atoms with Gasteiger partial charge in [-0.2, -0.15) is 5.10 Å². The van der Waals surface area contributed by atoms with Crippen molar-refractivity contribution in [3.8, 4) is 0 Å². The summed E-state index contributed by atoms with van der Waals surface area (Å²) in [5.74, 6) is -0.143. The van der Waals surface area contributed by atoms with Crippen molar-refractivity contribution in [3.63, 3.8) is 0 Å². The molecule has 2 aromatic heterocycles.